The van der Waals surface area contributed by atoms with Crippen LogP contribution in [0.2, 0.25) is 0 Å². The largest absolute Gasteiger partial charge is 0.381 e. The molecule has 1 saturated heterocycles. The van der Waals surface area contributed by atoms with Crippen LogP contribution < -0.4 is 4.90 Å². The Morgan fingerprint density at radius 3 is 2.83 bits per heavy atom. The zero-order valence-electron chi connectivity index (χ0n) is 14.7. The summed E-state index contributed by atoms with van der Waals surface area (Å²) in [5, 5.41) is 4.08. The number of hydrogen-bond donors (Lipinski definition) is 0. The first-order valence-electron chi connectivity index (χ1n) is 8.69. The van der Waals surface area contributed by atoms with E-state index in [-0.39, 0.29) is 0 Å². The molecule has 0 bridgehead atoms. The molecule has 130 valence electrons. The molecule has 7 nitrogen and oxygen atoms in total. The molecule has 24 heavy (non-hydrogen) atoms. The maximum atomic E-state index is 5.49. The Morgan fingerprint density at radius 2 is 2.12 bits per heavy atom. The van der Waals surface area contributed by atoms with Crippen molar-refractivity contribution in [2.75, 3.05) is 24.7 Å². The van der Waals surface area contributed by atoms with Crippen LogP contribution in [0.5, 0.6) is 0 Å². The number of ether oxygens (including phenoxy) is 1. The second-order valence-corrected chi connectivity index (χ2v) is 6.13. The first-order valence-corrected chi connectivity index (χ1v) is 8.69. The van der Waals surface area contributed by atoms with Crippen molar-refractivity contribution in [2.24, 2.45) is 0 Å². The van der Waals surface area contributed by atoms with E-state index in [9.17, 15) is 0 Å². The molecule has 1 aliphatic heterocycles. The Kier molecular flexibility index (Phi) is 5.40. The highest BCUT2D eigenvalue weighted by molar-refractivity contribution is 5.40. The monoisotopic (exact) mass is 331 g/mol. The summed E-state index contributed by atoms with van der Waals surface area (Å²) in [6.07, 6.45) is 2.84. The van der Waals surface area contributed by atoms with Crippen LogP contribution in [0, 0.1) is 6.92 Å². The van der Waals surface area contributed by atoms with Crippen molar-refractivity contribution in [3.05, 3.63) is 29.3 Å². The summed E-state index contributed by atoms with van der Waals surface area (Å²) < 4.78 is 10.8. The molecule has 2 aromatic heterocycles. The second-order valence-electron chi connectivity index (χ2n) is 6.13. The van der Waals surface area contributed by atoms with E-state index in [1.54, 1.807) is 0 Å². The average Bonchev–Trinajstić information content (AvgIpc) is 3.24. The molecule has 0 aromatic carbocycles. The standard InChI is InChI=1S/C17H25N5O2/c1-4-6-17-20-15(21-24-17)10-22(5-2)16-9-14(18-12(3)19-16)13-7-8-23-11-13/h9,13H,4-8,10-11H2,1-3H3. The Morgan fingerprint density at radius 1 is 1.25 bits per heavy atom. The summed E-state index contributed by atoms with van der Waals surface area (Å²) in [7, 11) is 0. The normalized spacial score (nSPS) is 17.4. The van der Waals surface area contributed by atoms with Crippen molar-refractivity contribution in [3.8, 4) is 0 Å². The molecule has 7 heteroatoms. The summed E-state index contributed by atoms with van der Waals surface area (Å²) >= 11 is 0. The summed E-state index contributed by atoms with van der Waals surface area (Å²) in [6, 6.07) is 2.07. The van der Waals surface area contributed by atoms with E-state index in [1.807, 2.05) is 6.92 Å². The predicted octanol–water partition coefficient (Wildman–Crippen LogP) is 2.65. The van der Waals surface area contributed by atoms with Gasteiger partial charge in [-0.15, -0.1) is 0 Å². The topological polar surface area (TPSA) is 77.2 Å². The summed E-state index contributed by atoms with van der Waals surface area (Å²) in [6.45, 7) is 9.08. The first-order chi connectivity index (χ1) is 11.7. The molecule has 1 unspecified atom stereocenters. The van der Waals surface area contributed by atoms with Crippen LogP contribution in [0.25, 0.3) is 0 Å². The van der Waals surface area contributed by atoms with Gasteiger partial charge in [0.2, 0.25) is 5.89 Å². The number of aromatic nitrogens is 4. The zero-order valence-corrected chi connectivity index (χ0v) is 14.7. The molecule has 0 amide bonds. The van der Waals surface area contributed by atoms with Gasteiger partial charge in [-0.25, -0.2) is 9.97 Å². The lowest BCUT2D eigenvalue weighted by Gasteiger charge is -2.21. The molecule has 0 saturated carbocycles. The average molecular weight is 331 g/mol. The fourth-order valence-electron chi connectivity index (χ4n) is 2.91. The second kappa shape index (κ2) is 7.70. The molecule has 0 N–H and O–H groups in total. The van der Waals surface area contributed by atoms with Crippen molar-refractivity contribution >= 4 is 5.82 Å². The first kappa shape index (κ1) is 16.8. The smallest absolute Gasteiger partial charge is 0.226 e. The van der Waals surface area contributed by atoms with Gasteiger partial charge in [-0.1, -0.05) is 12.1 Å². The Balaban J connectivity index is 1.78. The third-order valence-corrected chi connectivity index (χ3v) is 4.20. The highest BCUT2D eigenvalue weighted by Crippen LogP contribution is 2.26. The van der Waals surface area contributed by atoms with Gasteiger partial charge in [-0.05, 0) is 26.7 Å². The lowest BCUT2D eigenvalue weighted by molar-refractivity contribution is 0.193. The fraction of sp³-hybridized carbons (Fsp3) is 0.647. The van der Waals surface area contributed by atoms with E-state index in [0.717, 1.165) is 56.4 Å². The van der Waals surface area contributed by atoms with E-state index < -0.39 is 0 Å². The van der Waals surface area contributed by atoms with E-state index in [1.165, 1.54) is 0 Å². The van der Waals surface area contributed by atoms with Crippen LogP contribution in [0.1, 0.15) is 55.8 Å². The molecular weight excluding hydrogens is 306 g/mol. The SMILES string of the molecule is CCCc1nc(CN(CC)c2cc(C3CCOC3)nc(C)n2)no1. The van der Waals surface area contributed by atoms with E-state index in [2.05, 4.69) is 44.9 Å². The minimum atomic E-state index is 0.366. The summed E-state index contributed by atoms with van der Waals surface area (Å²) in [4.78, 5) is 15.8. The van der Waals surface area contributed by atoms with E-state index in [4.69, 9.17) is 9.26 Å². The number of nitrogens with zero attached hydrogens (tertiary/aromatic N) is 5. The number of hydrogen-bond acceptors (Lipinski definition) is 7. The number of aryl methyl sites for hydroxylation is 2. The maximum Gasteiger partial charge on any atom is 0.226 e. The van der Waals surface area contributed by atoms with Crippen molar-refractivity contribution in [1.29, 1.82) is 0 Å². The molecule has 0 radical (unpaired) electrons. The van der Waals surface area contributed by atoms with Crippen LogP contribution in [-0.4, -0.2) is 39.9 Å². The molecule has 1 fully saturated rings. The fourth-order valence-corrected chi connectivity index (χ4v) is 2.91. The summed E-state index contributed by atoms with van der Waals surface area (Å²) in [5.74, 6) is 3.46. The Labute approximate surface area is 142 Å². The maximum absolute atomic E-state index is 5.49. The minimum absolute atomic E-state index is 0.366. The van der Waals surface area contributed by atoms with Crippen molar-refractivity contribution in [2.45, 2.75) is 52.5 Å². The van der Waals surface area contributed by atoms with Crippen molar-refractivity contribution in [1.82, 2.24) is 20.1 Å². The highest BCUT2D eigenvalue weighted by atomic mass is 16.5. The minimum Gasteiger partial charge on any atom is -0.381 e. The van der Waals surface area contributed by atoms with Gasteiger partial charge in [0.1, 0.15) is 11.6 Å². The molecule has 3 rings (SSSR count). The van der Waals surface area contributed by atoms with Crippen LogP contribution in [0.15, 0.2) is 10.6 Å². The predicted molar refractivity (Wildman–Crippen MR) is 90.0 cm³/mol. The lowest BCUT2D eigenvalue weighted by atomic mass is 10.0. The third-order valence-electron chi connectivity index (χ3n) is 4.20. The van der Waals surface area contributed by atoms with E-state index >= 15 is 0 Å². The lowest BCUT2D eigenvalue weighted by Crippen LogP contribution is -2.24. The molecule has 0 aliphatic carbocycles. The van der Waals surface area contributed by atoms with Crippen LogP contribution in [-0.2, 0) is 17.7 Å². The third kappa shape index (κ3) is 3.90. The van der Waals surface area contributed by atoms with Gasteiger partial charge >= 0.3 is 0 Å². The van der Waals surface area contributed by atoms with Crippen LogP contribution >= 0.6 is 0 Å². The quantitative estimate of drug-likeness (QED) is 0.772. The molecule has 0 spiro atoms. The highest BCUT2D eigenvalue weighted by Gasteiger charge is 2.21. The van der Waals surface area contributed by atoms with Crippen LogP contribution in [0.3, 0.4) is 0 Å². The van der Waals surface area contributed by atoms with Crippen molar-refractivity contribution in [3.63, 3.8) is 0 Å². The molecular formula is C17H25N5O2. The molecule has 2 aromatic rings. The van der Waals surface area contributed by atoms with Gasteiger partial charge < -0.3 is 14.2 Å². The Bertz CT molecular complexity index is 667. The molecule has 3 heterocycles. The van der Waals surface area contributed by atoms with Crippen molar-refractivity contribution < 1.29 is 9.26 Å². The van der Waals surface area contributed by atoms with Crippen LogP contribution in [0.4, 0.5) is 5.82 Å². The van der Waals surface area contributed by atoms with E-state index in [0.29, 0.717) is 24.2 Å². The van der Waals surface area contributed by atoms with Gasteiger partial charge in [-0.3, -0.25) is 0 Å². The summed E-state index contributed by atoms with van der Waals surface area (Å²) in [5.41, 5.74) is 1.06. The number of rotatable bonds is 7. The Hall–Kier alpha value is -2.02. The van der Waals surface area contributed by atoms with Gasteiger partial charge in [0.05, 0.1) is 18.8 Å². The molecule has 1 aliphatic rings. The molecule has 1 atom stereocenters. The van der Waals surface area contributed by atoms with Gasteiger partial charge in [0.15, 0.2) is 5.82 Å². The zero-order chi connectivity index (χ0) is 16.9. The number of anilines is 1. The van der Waals surface area contributed by atoms with Gasteiger partial charge in [-0.2, -0.15) is 4.98 Å². The van der Waals surface area contributed by atoms with Gasteiger partial charge in [0.25, 0.3) is 0 Å². The van der Waals surface area contributed by atoms with Gasteiger partial charge in [0, 0.05) is 31.6 Å².